The average Bonchev–Trinajstić information content (AvgIpc) is 2.37. The third-order valence-electron chi connectivity index (χ3n) is 4.54. The van der Waals surface area contributed by atoms with Crippen molar-refractivity contribution in [2.24, 2.45) is 5.92 Å². The van der Waals surface area contributed by atoms with E-state index in [4.69, 9.17) is 0 Å². The van der Waals surface area contributed by atoms with E-state index in [1.54, 1.807) is 0 Å². The maximum absolute atomic E-state index is 9.72. The molecule has 1 saturated carbocycles. The molecular weight excluding hydrogens is 212 g/mol. The van der Waals surface area contributed by atoms with E-state index in [1.807, 2.05) is 0 Å². The lowest BCUT2D eigenvalue weighted by Crippen LogP contribution is -2.56. The number of hydrogen-bond donors (Lipinski definition) is 2. The minimum absolute atomic E-state index is 0.00853. The van der Waals surface area contributed by atoms with Gasteiger partial charge in [0.2, 0.25) is 0 Å². The van der Waals surface area contributed by atoms with Crippen LogP contribution in [0.2, 0.25) is 0 Å². The molecule has 0 aromatic heterocycles. The summed E-state index contributed by atoms with van der Waals surface area (Å²) in [6.45, 7) is 11.3. The molecule has 0 saturated heterocycles. The van der Waals surface area contributed by atoms with Gasteiger partial charge < -0.3 is 15.3 Å². The van der Waals surface area contributed by atoms with Gasteiger partial charge in [-0.3, -0.25) is 0 Å². The fraction of sp³-hybridized carbons (Fsp3) is 1.00. The molecule has 0 heterocycles. The van der Waals surface area contributed by atoms with Gasteiger partial charge in [-0.2, -0.15) is 0 Å². The van der Waals surface area contributed by atoms with Crippen molar-refractivity contribution in [1.29, 1.82) is 0 Å². The van der Waals surface area contributed by atoms with Crippen molar-refractivity contribution in [2.45, 2.75) is 52.0 Å². The van der Waals surface area contributed by atoms with Crippen LogP contribution in [0.3, 0.4) is 0 Å². The van der Waals surface area contributed by atoms with Crippen LogP contribution in [0.15, 0.2) is 0 Å². The van der Waals surface area contributed by atoms with Crippen LogP contribution in [-0.4, -0.2) is 48.3 Å². The Morgan fingerprint density at radius 3 is 2.53 bits per heavy atom. The summed E-state index contributed by atoms with van der Waals surface area (Å²) in [5.74, 6) is 0.595. The number of nitrogens with one attached hydrogen (secondary N) is 1. The molecule has 0 aromatic rings. The lowest BCUT2D eigenvalue weighted by molar-refractivity contribution is 0.0721. The zero-order valence-corrected chi connectivity index (χ0v) is 11.8. The average molecular weight is 242 g/mol. The monoisotopic (exact) mass is 242 g/mol. The summed E-state index contributed by atoms with van der Waals surface area (Å²) in [5, 5.41) is 13.4. The van der Waals surface area contributed by atoms with Gasteiger partial charge in [0.25, 0.3) is 0 Å². The lowest BCUT2D eigenvalue weighted by Gasteiger charge is -2.42. The Morgan fingerprint density at radius 2 is 2.00 bits per heavy atom. The van der Waals surface area contributed by atoms with Crippen LogP contribution in [0.5, 0.6) is 0 Å². The largest absolute Gasteiger partial charge is 0.394 e. The Labute approximate surface area is 107 Å². The number of aliphatic hydroxyl groups excluding tert-OH is 1. The molecule has 0 bridgehead atoms. The van der Waals surface area contributed by atoms with Crippen LogP contribution in [0, 0.1) is 5.92 Å². The van der Waals surface area contributed by atoms with Crippen LogP contribution in [-0.2, 0) is 0 Å². The van der Waals surface area contributed by atoms with Gasteiger partial charge in [-0.15, -0.1) is 0 Å². The number of aliphatic hydroxyl groups is 1. The highest BCUT2D eigenvalue weighted by molar-refractivity contribution is 4.95. The van der Waals surface area contributed by atoms with Crippen molar-refractivity contribution in [3.63, 3.8) is 0 Å². The highest BCUT2D eigenvalue weighted by Gasteiger charge is 2.36. The fourth-order valence-corrected chi connectivity index (χ4v) is 2.97. The quantitative estimate of drug-likeness (QED) is 0.715. The van der Waals surface area contributed by atoms with Crippen LogP contribution in [0.25, 0.3) is 0 Å². The Bertz CT molecular complexity index is 206. The van der Waals surface area contributed by atoms with Crippen molar-refractivity contribution in [3.05, 3.63) is 0 Å². The van der Waals surface area contributed by atoms with Crippen molar-refractivity contribution >= 4 is 0 Å². The Balaban J connectivity index is 2.40. The SMILES string of the molecule is CCN(CC)CCNC1(CO)CCCCC1C. The highest BCUT2D eigenvalue weighted by Crippen LogP contribution is 2.33. The molecule has 2 unspecified atom stereocenters. The third-order valence-corrected chi connectivity index (χ3v) is 4.54. The summed E-state index contributed by atoms with van der Waals surface area (Å²) in [4.78, 5) is 2.42. The molecule has 1 fully saturated rings. The van der Waals surface area contributed by atoms with E-state index in [9.17, 15) is 5.11 Å². The summed E-state index contributed by atoms with van der Waals surface area (Å²) in [6.07, 6.45) is 4.95. The van der Waals surface area contributed by atoms with Gasteiger partial charge in [0.15, 0.2) is 0 Å². The van der Waals surface area contributed by atoms with Gasteiger partial charge in [0.05, 0.1) is 6.61 Å². The number of rotatable bonds is 7. The molecule has 0 aliphatic heterocycles. The minimum Gasteiger partial charge on any atom is -0.394 e. The summed E-state index contributed by atoms with van der Waals surface area (Å²) in [6, 6.07) is 0. The van der Waals surface area contributed by atoms with E-state index >= 15 is 0 Å². The number of nitrogens with zero attached hydrogens (tertiary/aromatic N) is 1. The van der Waals surface area contributed by atoms with Gasteiger partial charge in [0, 0.05) is 18.6 Å². The first-order valence-electron chi connectivity index (χ1n) is 7.26. The maximum atomic E-state index is 9.72. The van der Waals surface area contributed by atoms with Gasteiger partial charge >= 0.3 is 0 Å². The molecule has 2 N–H and O–H groups in total. The van der Waals surface area contributed by atoms with Crippen molar-refractivity contribution in [1.82, 2.24) is 10.2 Å². The van der Waals surface area contributed by atoms with E-state index in [2.05, 4.69) is 31.0 Å². The zero-order valence-electron chi connectivity index (χ0n) is 11.8. The van der Waals surface area contributed by atoms with E-state index in [1.165, 1.54) is 19.3 Å². The molecule has 2 atom stereocenters. The van der Waals surface area contributed by atoms with Crippen LogP contribution in [0.1, 0.15) is 46.5 Å². The van der Waals surface area contributed by atoms with Crippen LogP contribution >= 0.6 is 0 Å². The van der Waals surface area contributed by atoms with Gasteiger partial charge in [-0.1, -0.05) is 33.6 Å². The van der Waals surface area contributed by atoms with E-state index in [-0.39, 0.29) is 12.1 Å². The fourth-order valence-electron chi connectivity index (χ4n) is 2.97. The third kappa shape index (κ3) is 3.94. The molecule has 1 aliphatic carbocycles. The first-order valence-corrected chi connectivity index (χ1v) is 7.26. The van der Waals surface area contributed by atoms with E-state index in [0.717, 1.165) is 32.6 Å². The molecule has 102 valence electrons. The second kappa shape index (κ2) is 7.34. The predicted molar refractivity (Wildman–Crippen MR) is 73.2 cm³/mol. The second-order valence-electron chi connectivity index (χ2n) is 5.41. The number of likely N-dealkylation sites (N-methyl/N-ethyl adjacent to an activating group) is 1. The van der Waals surface area contributed by atoms with Crippen molar-refractivity contribution < 1.29 is 5.11 Å². The molecule has 0 radical (unpaired) electrons. The first-order chi connectivity index (χ1) is 8.18. The minimum atomic E-state index is -0.00853. The predicted octanol–water partition coefficient (Wildman–Crippen LogP) is 1.86. The second-order valence-corrected chi connectivity index (χ2v) is 5.41. The summed E-state index contributed by atoms with van der Waals surface area (Å²) >= 11 is 0. The normalized spacial score (nSPS) is 29.8. The van der Waals surface area contributed by atoms with Crippen molar-refractivity contribution in [2.75, 3.05) is 32.8 Å². The molecule has 1 aliphatic rings. The molecule has 1 rings (SSSR count). The molecule has 3 heteroatoms. The van der Waals surface area contributed by atoms with E-state index in [0.29, 0.717) is 5.92 Å². The Morgan fingerprint density at radius 1 is 1.29 bits per heavy atom. The van der Waals surface area contributed by atoms with Crippen LogP contribution in [0.4, 0.5) is 0 Å². The molecule has 0 aromatic carbocycles. The Hall–Kier alpha value is -0.120. The van der Waals surface area contributed by atoms with E-state index < -0.39 is 0 Å². The number of hydrogen-bond acceptors (Lipinski definition) is 3. The van der Waals surface area contributed by atoms with Crippen LogP contribution < -0.4 is 5.32 Å². The smallest absolute Gasteiger partial charge is 0.0615 e. The standard InChI is InChI=1S/C14H30N2O/c1-4-16(5-2)11-10-15-14(12-17)9-7-6-8-13(14)3/h13,15,17H,4-12H2,1-3H3. The summed E-state index contributed by atoms with van der Waals surface area (Å²) in [7, 11) is 0. The highest BCUT2D eigenvalue weighted by atomic mass is 16.3. The maximum Gasteiger partial charge on any atom is 0.0615 e. The lowest BCUT2D eigenvalue weighted by atomic mass is 9.74. The molecule has 3 nitrogen and oxygen atoms in total. The molecule has 0 spiro atoms. The van der Waals surface area contributed by atoms with Gasteiger partial charge in [-0.25, -0.2) is 0 Å². The zero-order chi connectivity index (χ0) is 12.7. The topological polar surface area (TPSA) is 35.5 Å². The first kappa shape index (κ1) is 14.9. The van der Waals surface area contributed by atoms with Gasteiger partial charge in [0.1, 0.15) is 0 Å². The summed E-state index contributed by atoms with van der Waals surface area (Å²) < 4.78 is 0. The van der Waals surface area contributed by atoms with Crippen molar-refractivity contribution in [3.8, 4) is 0 Å². The Kier molecular flexibility index (Phi) is 6.45. The molecule has 0 amide bonds. The van der Waals surface area contributed by atoms with Gasteiger partial charge in [-0.05, 0) is 31.8 Å². The summed E-state index contributed by atoms with van der Waals surface area (Å²) in [5.41, 5.74) is -0.00853. The molecule has 17 heavy (non-hydrogen) atoms. The molecular formula is C14H30N2O.